The summed E-state index contributed by atoms with van der Waals surface area (Å²) in [6.45, 7) is 0. The predicted molar refractivity (Wildman–Crippen MR) is 68.7 cm³/mol. The first-order valence-electron chi connectivity index (χ1n) is 5.04. The van der Waals surface area contributed by atoms with Crippen LogP contribution in [-0.4, -0.2) is 10.8 Å². The summed E-state index contributed by atoms with van der Waals surface area (Å²) < 4.78 is 0. The summed E-state index contributed by atoms with van der Waals surface area (Å²) in [5, 5.41) is 1.02. The molecule has 0 aliphatic rings. The maximum atomic E-state index is 12.0. The number of carbonyl (C=O) groups excluding carboxylic acids is 1. The Morgan fingerprint density at radius 1 is 1.12 bits per heavy atom. The molecule has 0 amide bonds. The van der Waals surface area contributed by atoms with Crippen LogP contribution in [0.15, 0.2) is 42.7 Å². The minimum absolute atomic E-state index is 0.0481. The second-order valence-electron chi connectivity index (χ2n) is 3.54. The van der Waals surface area contributed by atoms with Gasteiger partial charge in [0.1, 0.15) is 0 Å². The number of benzene rings is 1. The van der Waals surface area contributed by atoms with E-state index in [4.69, 9.17) is 23.2 Å². The predicted octanol–water partition coefficient (Wildman–Crippen LogP) is 3.81. The molecule has 0 saturated heterocycles. The van der Waals surface area contributed by atoms with E-state index in [1.165, 1.54) is 6.20 Å². The van der Waals surface area contributed by atoms with Crippen molar-refractivity contribution in [1.82, 2.24) is 4.98 Å². The highest BCUT2D eigenvalue weighted by Crippen LogP contribution is 2.25. The standard InChI is InChI=1S/C13H9Cl2NO/c14-11-4-1-5-12(15)10(11)7-13(17)9-3-2-6-16-8-9/h1-6,8H,7H2. The molecular weight excluding hydrogens is 257 g/mol. The largest absolute Gasteiger partial charge is 0.294 e. The first-order chi connectivity index (χ1) is 8.18. The SMILES string of the molecule is O=C(Cc1c(Cl)cccc1Cl)c1cccnc1. The highest BCUT2D eigenvalue weighted by atomic mass is 35.5. The van der Waals surface area contributed by atoms with Crippen molar-refractivity contribution in [2.24, 2.45) is 0 Å². The molecule has 86 valence electrons. The van der Waals surface area contributed by atoms with E-state index in [1.807, 2.05) is 0 Å². The Hall–Kier alpha value is -1.38. The molecule has 2 nitrogen and oxygen atoms in total. The summed E-state index contributed by atoms with van der Waals surface area (Å²) in [5.41, 5.74) is 1.22. The summed E-state index contributed by atoms with van der Waals surface area (Å²) in [6, 6.07) is 8.64. The maximum absolute atomic E-state index is 12.0. The van der Waals surface area contributed by atoms with Crippen molar-refractivity contribution in [3.63, 3.8) is 0 Å². The first kappa shape index (κ1) is 12.1. The molecule has 0 radical (unpaired) electrons. The van der Waals surface area contributed by atoms with Gasteiger partial charge in [-0.2, -0.15) is 0 Å². The summed E-state index contributed by atoms with van der Waals surface area (Å²) in [4.78, 5) is 15.9. The number of pyridine rings is 1. The van der Waals surface area contributed by atoms with E-state index in [9.17, 15) is 4.79 Å². The number of hydrogen-bond donors (Lipinski definition) is 0. The fourth-order valence-corrected chi connectivity index (χ4v) is 2.02. The van der Waals surface area contributed by atoms with Gasteiger partial charge in [-0.25, -0.2) is 0 Å². The first-order valence-corrected chi connectivity index (χ1v) is 5.80. The van der Waals surface area contributed by atoms with Gasteiger partial charge >= 0.3 is 0 Å². The van der Waals surface area contributed by atoms with Gasteiger partial charge in [-0.15, -0.1) is 0 Å². The fourth-order valence-electron chi connectivity index (χ4n) is 1.49. The average Bonchev–Trinajstić information content (AvgIpc) is 2.35. The lowest BCUT2D eigenvalue weighted by atomic mass is 10.0. The van der Waals surface area contributed by atoms with Crippen molar-refractivity contribution in [3.05, 3.63) is 63.9 Å². The molecule has 0 saturated carbocycles. The topological polar surface area (TPSA) is 30.0 Å². The zero-order chi connectivity index (χ0) is 12.3. The van der Waals surface area contributed by atoms with Crippen molar-refractivity contribution in [2.45, 2.75) is 6.42 Å². The second-order valence-corrected chi connectivity index (χ2v) is 4.36. The zero-order valence-corrected chi connectivity index (χ0v) is 10.4. The molecule has 0 fully saturated rings. The molecular formula is C13H9Cl2NO. The van der Waals surface area contributed by atoms with Crippen LogP contribution in [0.3, 0.4) is 0 Å². The van der Waals surface area contributed by atoms with Crippen LogP contribution in [0.2, 0.25) is 10.0 Å². The van der Waals surface area contributed by atoms with Gasteiger partial charge in [-0.1, -0.05) is 29.3 Å². The van der Waals surface area contributed by atoms with E-state index in [-0.39, 0.29) is 12.2 Å². The Labute approximate surface area is 109 Å². The van der Waals surface area contributed by atoms with Crippen molar-refractivity contribution in [2.75, 3.05) is 0 Å². The van der Waals surface area contributed by atoms with Crippen LogP contribution in [0, 0.1) is 0 Å². The molecule has 2 rings (SSSR count). The third kappa shape index (κ3) is 2.84. The molecule has 1 aromatic carbocycles. The van der Waals surface area contributed by atoms with E-state index in [2.05, 4.69) is 4.98 Å². The average molecular weight is 266 g/mol. The van der Waals surface area contributed by atoms with Crippen LogP contribution in [0.1, 0.15) is 15.9 Å². The summed E-state index contributed by atoms with van der Waals surface area (Å²) >= 11 is 12.0. The number of hydrogen-bond acceptors (Lipinski definition) is 2. The third-order valence-corrected chi connectivity index (χ3v) is 3.09. The van der Waals surface area contributed by atoms with Crippen molar-refractivity contribution in [1.29, 1.82) is 0 Å². The molecule has 0 aliphatic carbocycles. The van der Waals surface area contributed by atoms with Gasteiger partial charge in [0, 0.05) is 34.4 Å². The number of Topliss-reactive ketones (excluding diaryl/α,β-unsaturated/α-hetero) is 1. The zero-order valence-electron chi connectivity index (χ0n) is 8.86. The van der Waals surface area contributed by atoms with Gasteiger partial charge in [-0.05, 0) is 29.8 Å². The summed E-state index contributed by atoms with van der Waals surface area (Å²) in [7, 11) is 0. The lowest BCUT2D eigenvalue weighted by molar-refractivity contribution is 0.0992. The molecule has 17 heavy (non-hydrogen) atoms. The molecule has 0 atom stereocenters. The number of halogens is 2. The highest BCUT2D eigenvalue weighted by Gasteiger charge is 2.12. The molecule has 1 heterocycles. The number of ketones is 1. The Kier molecular flexibility index (Phi) is 3.77. The molecule has 0 bridgehead atoms. The lowest BCUT2D eigenvalue weighted by Crippen LogP contribution is -2.04. The van der Waals surface area contributed by atoms with Gasteiger partial charge in [0.05, 0.1) is 0 Å². The van der Waals surface area contributed by atoms with Crippen LogP contribution in [0.4, 0.5) is 0 Å². The van der Waals surface area contributed by atoms with E-state index in [1.54, 1.807) is 36.5 Å². The Morgan fingerprint density at radius 2 is 1.82 bits per heavy atom. The smallest absolute Gasteiger partial charge is 0.168 e. The third-order valence-electron chi connectivity index (χ3n) is 2.38. The maximum Gasteiger partial charge on any atom is 0.168 e. The molecule has 0 N–H and O–H groups in total. The van der Waals surface area contributed by atoms with Crippen LogP contribution in [0.25, 0.3) is 0 Å². The Morgan fingerprint density at radius 3 is 2.41 bits per heavy atom. The van der Waals surface area contributed by atoms with E-state index in [0.717, 1.165) is 0 Å². The van der Waals surface area contributed by atoms with Crippen molar-refractivity contribution >= 4 is 29.0 Å². The second kappa shape index (κ2) is 5.30. The number of nitrogens with zero attached hydrogens (tertiary/aromatic N) is 1. The van der Waals surface area contributed by atoms with Crippen molar-refractivity contribution in [3.8, 4) is 0 Å². The van der Waals surface area contributed by atoms with Crippen LogP contribution in [0.5, 0.6) is 0 Å². The van der Waals surface area contributed by atoms with Crippen LogP contribution >= 0.6 is 23.2 Å². The summed E-state index contributed by atoms with van der Waals surface area (Å²) in [6.07, 6.45) is 3.34. The quantitative estimate of drug-likeness (QED) is 0.790. The van der Waals surface area contributed by atoms with Gasteiger partial charge in [0.25, 0.3) is 0 Å². The summed E-state index contributed by atoms with van der Waals surface area (Å²) in [5.74, 6) is -0.0481. The van der Waals surface area contributed by atoms with Gasteiger partial charge < -0.3 is 0 Å². The van der Waals surface area contributed by atoms with Gasteiger partial charge in [-0.3, -0.25) is 9.78 Å². The minimum atomic E-state index is -0.0481. The van der Waals surface area contributed by atoms with E-state index in [0.29, 0.717) is 21.2 Å². The lowest BCUT2D eigenvalue weighted by Gasteiger charge is -2.05. The van der Waals surface area contributed by atoms with Gasteiger partial charge in [0.15, 0.2) is 5.78 Å². The van der Waals surface area contributed by atoms with Gasteiger partial charge in [0.2, 0.25) is 0 Å². The van der Waals surface area contributed by atoms with E-state index >= 15 is 0 Å². The fraction of sp³-hybridized carbons (Fsp3) is 0.0769. The molecule has 2 aromatic rings. The molecule has 0 spiro atoms. The van der Waals surface area contributed by atoms with Crippen LogP contribution in [-0.2, 0) is 6.42 Å². The number of rotatable bonds is 3. The van der Waals surface area contributed by atoms with E-state index < -0.39 is 0 Å². The normalized spacial score (nSPS) is 10.2. The highest BCUT2D eigenvalue weighted by molar-refractivity contribution is 6.36. The monoisotopic (exact) mass is 265 g/mol. The van der Waals surface area contributed by atoms with Crippen molar-refractivity contribution < 1.29 is 4.79 Å². The minimum Gasteiger partial charge on any atom is -0.294 e. The molecule has 1 aromatic heterocycles. The molecule has 0 aliphatic heterocycles. The Bertz CT molecular complexity index is 520. The molecule has 0 unspecified atom stereocenters. The van der Waals surface area contributed by atoms with Crippen LogP contribution < -0.4 is 0 Å². The molecule has 4 heteroatoms. The number of carbonyl (C=O) groups is 1. The number of aromatic nitrogens is 1. The Balaban J connectivity index is 2.25.